The fourth-order valence-electron chi connectivity index (χ4n) is 3.14. The molecule has 1 atom stereocenters. The number of benzene rings is 1. The van der Waals surface area contributed by atoms with Crippen molar-refractivity contribution < 1.29 is 4.39 Å². The Labute approximate surface area is 171 Å². The molecule has 8 nitrogen and oxygen atoms in total. The van der Waals surface area contributed by atoms with Crippen LogP contribution in [0.2, 0.25) is 0 Å². The van der Waals surface area contributed by atoms with Crippen LogP contribution < -0.4 is 16.6 Å². The van der Waals surface area contributed by atoms with E-state index in [2.05, 4.69) is 30.2 Å². The number of halogens is 1. The predicted molar refractivity (Wildman–Crippen MR) is 112 cm³/mol. The van der Waals surface area contributed by atoms with Gasteiger partial charge < -0.3 is 16.0 Å². The molecule has 0 saturated carbocycles. The summed E-state index contributed by atoms with van der Waals surface area (Å²) in [5.41, 5.74) is 8.86. The summed E-state index contributed by atoms with van der Waals surface area (Å²) >= 11 is 0. The van der Waals surface area contributed by atoms with Gasteiger partial charge in [0, 0.05) is 48.9 Å². The molecule has 4 aromatic rings. The van der Waals surface area contributed by atoms with Crippen LogP contribution in [-0.4, -0.2) is 37.5 Å². The van der Waals surface area contributed by atoms with Gasteiger partial charge in [0.15, 0.2) is 0 Å². The summed E-state index contributed by atoms with van der Waals surface area (Å²) in [4.78, 5) is 31.3. The van der Waals surface area contributed by atoms with Crippen LogP contribution >= 0.6 is 0 Å². The van der Waals surface area contributed by atoms with E-state index >= 15 is 0 Å². The SMILES string of the molecule is NC(CNc1nc(-c2ccncc2)c(-c2ccc(F)cc2)c(=O)[nH]1)Cc1cnc[nH]1. The number of nitrogens with one attached hydrogen (secondary N) is 3. The number of imidazole rings is 1. The largest absolute Gasteiger partial charge is 0.354 e. The number of H-pyrrole nitrogens is 2. The third-order valence-electron chi connectivity index (χ3n) is 4.57. The zero-order valence-corrected chi connectivity index (χ0v) is 16.0. The molecule has 0 aliphatic carbocycles. The number of hydrogen-bond acceptors (Lipinski definition) is 6. The summed E-state index contributed by atoms with van der Waals surface area (Å²) in [5, 5.41) is 3.09. The minimum Gasteiger partial charge on any atom is -0.354 e. The number of aromatic amines is 2. The number of nitrogens with zero attached hydrogens (tertiary/aromatic N) is 3. The molecule has 0 fully saturated rings. The maximum Gasteiger partial charge on any atom is 0.260 e. The number of pyridine rings is 1. The van der Waals surface area contributed by atoms with E-state index in [4.69, 9.17) is 5.73 Å². The highest BCUT2D eigenvalue weighted by Crippen LogP contribution is 2.28. The van der Waals surface area contributed by atoms with E-state index in [1.165, 1.54) is 12.1 Å². The van der Waals surface area contributed by atoms with E-state index in [1.807, 2.05) is 0 Å². The van der Waals surface area contributed by atoms with E-state index in [1.54, 1.807) is 49.2 Å². The fraction of sp³-hybridized carbons (Fsp3) is 0.143. The number of anilines is 1. The molecule has 4 rings (SSSR count). The summed E-state index contributed by atoms with van der Waals surface area (Å²) in [5.74, 6) is -0.0733. The number of hydrogen-bond donors (Lipinski definition) is 4. The lowest BCUT2D eigenvalue weighted by atomic mass is 10.0. The Morgan fingerprint density at radius 1 is 1.07 bits per heavy atom. The second-order valence-corrected chi connectivity index (χ2v) is 6.80. The van der Waals surface area contributed by atoms with Crippen LogP contribution in [0.15, 0.2) is 66.1 Å². The molecule has 3 aromatic heterocycles. The summed E-state index contributed by atoms with van der Waals surface area (Å²) < 4.78 is 13.4. The molecule has 0 amide bonds. The van der Waals surface area contributed by atoms with Crippen molar-refractivity contribution in [3.8, 4) is 22.4 Å². The van der Waals surface area contributed by atoms with Gasteiger partial charge in [-0.2, -0.15) is 0 Å². The lowest BCUT2D eigenvalue weighted by Crippen LogP contribution is -2.32. The minimum atomic E-state index is -0.377. The van der Waals surface area contributed by atoms with Crippen LogP contribution in [-0.2, 0) is 6.42 Å². The standard InChI is InChI=1S/C21H20FN7O/c22-15-3-1-13(2-4-15)18-19(14-5-7-24-8-6-14)28-21(29-20(18)30)26-10-16(23)9-17-11-25-12-27-17/h1-8,11-12,16H,9-10,23H2,(H,25,27)(H2,26,28,29,30). The molecule has 0 aliphatic rings. The summed E-state index contributed by atoms with van der Waals surface area (Å²) in [6.45, 7) is 0.396. The van der Waals surface area contributed by atoms with Crippen molar-refractivity contribution >= 4 is 5.95 Å². The Kier molecular flexibility index (Phi) is 5.62. The van der Waals surface area contributed by atoms with Crippen molar-refractivity contribution in [1.29, 1.82) is 0 Å². The van der Waals surface area contributed by atoms with Gasteiger partial charge >= 0.3 is 0 Å². The molecule has 0 radical (unpaired) electrons. The number of nitrogens with two attached hydrogens (primary N) is 1. The van der Waals surface area contributed by atoms with Crippen LogP contribution in [0.25, 0.3) is 22.4 Å². The van der Waals surface area contributed by atoms with Gasteiger partial charge in [-0.3, -0.25) is 14.8 Å². The Hall–Kier alpha value is -3.85. The van der Waals surface area contributed by atoms with Crippen molar-refractivity contribution in [3.05, 3.63) is 83.2 Å². The summed E-state index contributed by atoms with van der Waals surface area (Å²) in [7, 11) is 0. The van der Waals surface area contributed by atoms with Gasteiger partial charge in [-0.05, 0) is 29.8 Å². The highest BCUT2D eigenvalue weighted by atomic mass is 19.1. The average Bonchev–Trinajstić information content (AvgIpc) is 3.26. The van der Waals surface area contributed by atoms with Crippen molar-refractivity contribution in [2.24, 2.45) is 5.73 Å². The van der Waals surface area contributed by atoms with Gasteiger partial charge in [-0.1, -0.05) is 12.1 Å². The van der Waals surface area contributed by atoms with Crippen molar-refractivity contribution in [3.63, 3.8) is 0 Å². The molecule has 0 aliphatic heterocycles. The van der Waals surface area contributed by atoms with Gasteiger partial charge in [-0.25, -0.2) is 14.4 Å². The van der Waals surface area contributed by atoms with E-state index in [0.29, 0.717) is 35.7 Å². The normalized spacial score (nSPS) is 11.9. The van der Waals surface area contributed by atoms with Crippen molar-refractivity contribution in [1.82, 2.24) is 24.9 Å². The molecule has 5 N–H and O–H groups in total. The molecule has 3 heterocycles. The Morgan fingerprint density at radius 2 is 1.83 bits per heavy atom. The highest BCUT2D eigenvalue weighted by Gasteiger charge is 2.16. The first-order valence-electron chi connectivity index (χ1n) is 9.37. The third kappa shape index (κ3) is 4.41. The van der Waals surface area contributed by atoms with Crippen molar-refractivity contribution in [2.75, 3.05) is 11.9 Å². The van der Waals surface area contributed by atoms with Crippen LogP contribution in [0.1, 0.15) is 5.69 Å². The Bertz CT molecular complexity index is 1160. The first-order valence-corrected chi connectivity index (χ1v) is 9.37. The van der Waals surface area contributed by atoms with Gasteiger partial charge in [0.1, 0.15) is 5.82 Å². The molecule has 9 heteroatoms. The molecule has 30 heavy (non-hydrogen) atoms. The average molecular weight is 405 g/mol. The van der Waals surface area contributed by atoms with Gasteiger partial charge in [0.25, 0.3) is 5.56 Å². The smallest absolute Gasteiger partial charge is 0.260 e. The number of aromatic nitrogens is 5. The maximum atomic E-state index is 13.4. The van der Waals surface area contributed by atoms with Crippen LogP contribution in [0, 0.1) is 5.82 Å². The predicted octanol–water partition coefficient (Wildman–Crippen LogP) is 2.34. The van der Waals surface area contributed by atoms with Gasteiger partial charge in [0.2, 0.25) is 5.95 Å². The first kappa shape index (κ1) is 19.5. The summed E-state index contributed by atoms with van der Waals surface area (Å²) in [6, 6.07) is 9.05. The Balaban J connectivity index is 1.65. The zero-order chi connectivity index (χ0) is 20.9. The lowest BCUT2D eigenvalue weighted by molar-refractivity contribution is 0.628. The highest BCUT2D eigenvalue weighted by molar-refractivity contribution is 5.80. The van der Waals surface area contributed by atoms with Gasteiger partial charge in [-0.15, -0.1) is 0 Å². The molecule has 1 unspecified atom stereocenters. The molecule has 0 spiro atoms. The number of rotatable bonds is 7. The van der Waals surface area contributed by atoms with Crippen LogP contribution in [0.4, 0.5) is 10.3 Å². The van der Waals surface area contributed by atoms with E-state index in [0.717, 1.165) is 11.3 Å². The first-order chi connectivity index (χ1) is 14.6. The van der Waals surface area contributed by atoms with E-state index in [-0.39, 0.29) is 17.4 Å². The topological polar surface area (TPSA) is 125 Å². The van der Waals surface area contributed by atoms with Crippen molar-refractivity contribution in [2.45, 2.75) is 12.5 Å². The summed E-state index contributed by atoms with van der Waals surface area (Å²) in [6.07, 6.45) is 7.17. The Morgan fingerprint density at radius 3 is 2.53 bits per heavy atom. The molecule has 152 valence electrons. The quantitative estimate of drug-likeness (QED) is 0.374. The minimum absolute atomic E-state index is 0.211. The van der Waals surface area contributed by atoms with E-state index in [9.17, 15) is 9.18 Å². The second kappa shape index (κ2) is 8.66. The molecular weight excluding hydrogens is 385 g/mol. The zero-order valence-electron chi connectivity index (χ0n) is 16.0. The molecule has 0 bridgehead atoms. The van der Waals surface area contributed by atoms with E-state index < -0.39 is 0 Å². The fourth-order valence-corrected chi connectivity index (χ4v) is 3.14. The van der Waals surface area contributed by atoms with Crippen LogP contribution in [0.3, 0.4) is 0 Å². The third-order valence-corrected chi connectivity index (χ3v) is 4.57. The molecule has 0 saturated heterocycles. The second-order valence-electron chi connectivity index (χ2n) is 6.80. The monoisotopic (exact) mass is 405 g/mol. The van der Waals surface area contributed by atoms with Crippen LogP contribution in [0.5, 0.6) is 0 Å². The lowest BCUT2D eigenvalue weighted by Gasteiger charge is -2.14. The van der Waals surface area contributed by atoms with Gasteiger partial charge in [0.05, 0.1) is 17.6 Å². The maximum absolute atomic E-state index is 13.4. The molecular formula is C21H20FN7O. The molecule has 1 aromatic carbocycles.